The van der Waals surface area contributed by atoms with Crippen LogP contribution < -0.4 is 60.8 Å². The third kappa shape index (κ3) is 5.89. The van der Waals surface area contributed by atoms with Crippen molar-refractivity contribution in [3.63, 3.8) is 0 Å². The zero-order valence-corrected chi connectivity index (χ0v) is 24.7. The number of rotatable bonds is 8. The van der Waals surface area contributed by atoms with Gasteiger partial charge >= 0.3 is 51.4 Å². The summed E-state index contributed by atoms with van der Waals surface area (Å²) in [4.78, 5) is 9.04. The Morgan fingerprint density at radius 3 is 2.53 bits per heavy atom. The number of nitrogens with one attached hydrogen (secondary N) is 2. The van der Waals surface area contributed by atoms with Gasteiger partial charge in [0, 0.05) is 34.6 Å². The van der Waals surface area contributed by atoms with Crippen LogP contribution in [0.4, 0.5) is 10.7 Å². The fourth-order valence-corrected chi connectivity index (χ4v) is 6.51. The molecule has 0 spiro atoms. The summed E-state index contributed by atoms with van der Waals surface area (Å²) in [5.74, 6) is 0.131. The van der Waals surface area contributed by atoms with Crippen molar-refractivity contribution in [2.75, 3.05) is 18.9 Å². The van der Waals surface area contributed by atoms with E-state index in [9.17, 15) is 8.42 Å². The van der Waals surface area contributed by atoms with E-state index in [0.29, 0.717) is 26.2 Å². The zero-order chi connectivity index (χ0) is 23.6. The van der Waals surface area contributed by atoms with Gasteiger partial charge in [-0.15, -0.1) is 18.4 Å². The maximum Gasteiger partial charge on any atom is 1.00 e. The smallest absolute Gasteiger partial charge is 0.678 e. The van der Waals surface area contributed by atoms with Gasteiger partial charge < -0.3 is 10.1 Å². The minimum Gasteiger partial charge on any atom is -0.678 e. The average Bonchev–Trinajstić information content (AvgIpc) is 3.46. The number of hydrogen-bond acceptors (Lipinski definition) is 8. The number of pyridine rings is 2. The SMILES string of the molecule is C[N-]c1sc(-c2cnc(OC)c(NS(=O)(=O)c3ccc(Cl)s3)c2)cc1C(=N)c1ccncc1.[K+]. The van der Waals surface area contributed by atoms with Gasteiger partial charge in [-0.2, -0.15) is 11.3 Å². The Bertz CT molecular complexity index is 1420. The summed E-state index contributed by atoms with van der Waals surface area (Å²) in [5, 5.41) is 13.6. The van der Waals surface area contributed by atoms with Crippen LogP contribution in [-0.4, -0.2) is 38.3 Å². The first-order valence-corrected chi connectivity index (χ1v) is 12.9. The van der Waals surface area contributed by atoms with Gasteiger partial charge in [0.2, 0.25) is 5.88 Å². The monoisotopic (exact) mass is 557 g/mol. The summed E-state index contributed by atoms with van der Waals surface area (Å²) in [6, 6.07) is 9.97. The molecule has 4 heterocycles. The topological polar surface area (TPSA) is 119 Å². The van der Waals surface area contributed by atoms with Gasteiger partial charge in [0.25, 0.3) is 10.0 Å². The van der Waals surface area contributed by atoms with Crippen molar-refractivity contribution < 1.29 is 64.5 Å². The standard InChI is InChI=1S/C21H17ClN5O3S3.K/c1-24-21-14(19(23)12-5-7-25-8-6-12)10-16(31-21)13-9-15(20(30-2)26-11-13)27-33(28,29)18-4-3-17(22)32-18;/h3-11,23,27H,1-2H3;/q-1;+1. The molecule has 0 amide bonds. The van der Waals surface area contributed by atoms with E-state index in [1.807, 2.05) is 6.07 Å². The van der Waals surface area contributed by atoms with E-state index in [0.717, 1.165) is 21.8 Å². The van der Waals surface area contributed by atoms with Crippen molar-refractivity contribution in [2.45, 2.75) is 4.21 Å². The Kier molecular flexibility index (Phi) is 9.28. The molecule has 34 heavy (non-hydrogen) atoms. The van der Waals surface area contributed by atoms with Gasteiger partial charge in [0.05, 0.1) is 17.2 Å². The van der Waals surface area contributed by atoms with E-state index in [2.05, 4.69) is 20.0 Å². The molecule has 0 radical (unpaired) electrons. The van der Waals surface area contributed by atoms with Crippen molar-refractivity contribution in [1.82, 2.24) is 9.97 Å². The summed E-state index contributed by atoms with van der Waals surface area (Å²) < 4.78 is 33.8. The number of methoxy groups -OCH3 is 1. The molecule has 4 aromatic rings. The largest absolute Gasteiger partial charge is 1.00 e. The van der Waals surface area contributed by atoms with Crippen LogP contribution in [0.5, 0.6) is 5.88 Å². The Labute approximate surface area is 252 Å². The first kappa shape index (κ1) is 27.2. The van der Waals surface area contributed by atoms with E-state index in [4.69, 9.17) is 21.7 Å². The molecule has 13 heteroatoms. The van der Waals surface area contributed by atoms with E-state index in [1.54, 1.807) is 43.8 Å². The summed E-state index contributed by atoms with van der Waals surface area (Å²) >= 11 is 8.23. The number of nitrogens with zero attached hydrogens (tertiary/aromatic N) is 3. The first-order chi connectivity index (χ1) is 15.8. The number of thiophene rings is 2. The van der Waals surface area contributed by atoms with E-state index < -0.39 is 10.0 Å². The second-order valence-electron chi connectivity index (χ2n) is 6.61. The minimum absolute atomic E-state index is 0. The van der Waals surface area contributed by atoms with Gasteiger partial charge in [-0.1, -0.05) is 16.6 Å². The summed E-state index contributed by atoms with van der Waals surface area (Å²) in [5.41, 5.74) is 2.54. The predicted molar refractivity (Wildman–Crippen MR) is 133 cm³/mol. The molecule has 4 aromatic heterocycles. The molecule has 0 fully saturated rings. The van der Waals surface area contributed by atoms with Crippen molar-refractivity contribution in [1.29, 1.82) is 5.41 Å². The summed E-state index contributed by atoms with van der Waals surface area (Å²) in [6.07, 6.45) is 4.85. The number of halogens is 1. The van der Waals surface area contributed by atoms with Crippen molar-refractivity contribution >= 4 is 60.7 Å². The minimum atomic E-state index is -3.87. The summed E-state index contributed by atoms with van der Waals surface area (Å²) in [7, 11) is -0.797. The number of ether oxygens (including phenoxy) is 1. The van der Waals surface area contributed by atoms with Crippen LogP contribution in [0.2, 0.25) is 4.34 Å². The second-order valence-corrected chi connectivity index (χ2v) is 11.3. The third-order valence-electron chi connectivity index (χ3n) is 4.54. The Hall–Kier alpha value is -1.35. The number of sulfonamides is 1. The maximum atomic E-state index is 12.8. The van der Waals surface area contributed by atoms with Crippen molar-refractivity contribution in [2.24, 2.45) is 0 Å². The summed E-state index contributed by atoms with van der Waals surface area (Å²) in [6.45, 7) is 0. The maximum absolute atomic E-state index is 12.8. The van der Waals surface area contributed by atoms with Gasteiger partial charge in [-0.25, -0.2) is 13.4 Å². The van der Waals surface area contributed by atoms with Gasteiger partial charge in [0.1, 0.15) is 9.90 Å². The fraction of sp³-hybridized carbons (Fsp3) is 0.0952. The van der Waals surface area contributed by atoms with Crippen LogP contribution in [0.15, 0.2) is 59.2 Å². The Morgan fingerprint density at radius 1 is 1.18 bits per heavy atom. The molecule has 0 saturated carbocycles. The van der Waals surface area contributed by atoms with Crippen molar-refractivity contribution in [3.05, 3.63) is 75.8 Å². The third-order valence-corrected chi connectivity index (χ3v) is 8.80. The Morgan fingerprint density at radius 2 is 1.91 bits per heavy atom. The van der Waals surface area contributed by atoms with E-state index >= 15 is 0 Å². The van der Waals surface area contributed by atoms with E-state index in [1.165, 1.54) is 30.6 Å². The average molecular weight is 558 g/mol. The zero-order valence-electron chi connectivity index (χ0n) is 18.4. The molecular formula is C21H17ClKN5O3S3. The molecule has 2 N–H and O–H groups in total. The Balaban J connectivity index is 0.00000324. The molecule has 0 saturated heterocycles. The predicted octanol–water partition coefficient (Wildman–Crippen LogP) is 2.78. The van der Waals surface area contributed by atoms with Crippen molar-refractivity contribution in [3.8, 4) is 16.3 Å². The van der Waals surface area contributed by atoms with Gasteiger partial charge in [-0.05, 0) is 42.0 Å². The molecule has 0 atom stereocenters. The second kappa shape index (κ2) is 11.6. The molecule has 0 aliphatic rings. The molecule has 0 bridgehead atoms. The molecule has 0 aliphatic carbocycles. The van der Waals surface area contributed by atoms with Gasteiger partial charge in [0.15, 0.2) is 0 Å². The molecule has 0 unspecified atom stereocenters. The quantitative estimate of drug-likeness (QED) is 0.255. The van der Waals surface area contributed by atoms with Crippen LogP contribution in [0.25, 0.3) is 15.8 Å². The van der Waals surface area contributed by atoms with E-state index in [-0.39, 0.29) is 67.2 Å². The number of anilines is 1. The van der Waals surface area contributed by atoms with Crippen LogP contribution >= 0.6 is 34.3 Å². The van der Waals surface area contributed by atoms with Crippen LogP contribution in [-0.2, 0) is 10.0 Å². The molecule has 0 aromatic carbocycles. The number of hydrogen-bond donors (Lipinski definition) is 2. The molecular weight excluding hydrogens is 541 g/mol. The fourth-order valence-electron chi connectivity index (χ4n) is 3.00. The number of aromatic nitrogens is 2. The van der Waals surface area contributed by atoms with Crippen LogP contribution in [0, 0.1) is 5.41 Å². The molecule has 4 rings (SSSR count). The first-order valence-electron chi connectivity index (χ1n) is 9.38. The van der Waals surface area contributed by atoms with Gasteiger partial charge in [-0.3, -0.25) is 15.1 Å². The molecule has 8 nitrogen and oxygen atoms in total. The molecule has 170 valence electrons. The van der Waals surface area contributed by atoms with Crippen LogP contribution in [0.3, 0.4) is 0 Å². The van der Waals surface area contributed by atoms with Crippen LogP contribution in [0.1, 0.15) is 11.1 Å². The molecule has 0 aliphatic heterocycles. The normalized spacial score (nSPS) is 10.9.